The van der Waals surface area contributed by atoms with Crippen LogP contribution in [0.2, 0.25) is 0 Å². The SMILES string of the molecule is CC(C)n1cnc2ccc(NC(=O)c3n[nH]c4c3CCCCC4)cc2c1=O. The van der Waals surface area contributed by atoms with Gasteiger partial charge in [-0.25, -0.2) is 4.98 Å². The summed E-state index contributed by atoms with van der Waals surface area (Å²) in [6.07, 6.45) is 6.73. The highest BCUT2D eigenvalue weighted by Gasteiger charge is 2.21. The second-order valence-electron chi connectivity index (χ2n) is 7.33. The fraction of sp³-hybridized carbons (Fsp3) is 0.400. The maximum absolute atomic E-state index is 12.8. The Balaban J connectivity index is 1.65. The quantitative estimate of drug-likeness (QED) is 0.697. The molecule has 0 aliphatic heterocycles. The van der Waals surface area contributed by atoms with Gasteiger partial charge in [0.2, 0.25) is 0 Å². The topological polar surface area (TPSA) is 92.7 Å². The Morgan fingerprint density at radius 2 is 2.04 bits per heavy atom. The highest BCUT2D eigenvalue weighted by Crippen LogP contribution is 2.23. The van der Waals surface area contributed by atoms with E-state index in [0.717, 1.165) is 36.9 Å². The number of nitrogens with one attached hydrogen (secondary N) is 2. The first-order chi connectivity index (χ1) is 13.0. The predicted octanol–water partition coefficient (Wildman–Crippen LogP) is 3.22. The lowest BCUT2D eigenvalue weighted by Crippen LogP contribution is -2.22. The average molecular weight is 365 g/mol. The smallest absolute Gasteiger partial charge is 0.276 e. The Morgan fingerprint density at radius 3 is 2.85 bits per heavy atom. The van der Waals surface area contributed by atoms with Gasteiger partial charge < -0.3 is 5.32 Å². The third-order valence-corrected chi connectivity index (χ3v) is 5.12. The first-order valence-corrected chi connectivity index (χ1v) is 9.43. The van der Waals surface area contributed by atoms with Crippen molar-refractivity contribution in [2.24, 2.45) is 0 Å². The third kappa shape index (κ3) is 3.25. The van der Waals surface area contributed by atoms with Crippen LogP contribution in [-0.2, 0) is 12.8 Å². The molecule has 0 spiro atoms. The fourth-order valence-corrected chi connectivity index (χ4v) is 3.62. The number of nitrogens with zero attached hydrogens (tertiary/aromatic N) is 3. The molecule has 140 valence electrons. The van der Waals surface area contributed by atoms with Gasteiger partial charge in [-0.3, -0.25) is 19.3 Å². The van der Waals surface area contributed by atoms with Crippen molar-refractivity contribution in [1.82, 2.24) is 19.7 Å². The van der Waals surface area contributed by atoms with Gasteiger partial charge in [0.05, 0.1) is 17.2 Å². The molecule has 0 atom stereocenters. The van der Waals surface area contributed by atoms with Gasteiger partial charge in [-0.05, 0) is 57.7 Å². The first-order valence-electron chi connectivity index (χ1n) is 9.43. The molecule has 1 aliphatic carbocycles. The lowest BCUT2D eigenvalue weighted by molar-refractivity contribution is 0.102. The average Bonchev–Trinajstić information content (AvgIpc) is 2.91. The summed E-state index contributed by atoms with van der Waals surface area (Å²) in [5.74, 6) is -0.248. The van der Waals surface area contributed by atoms with E-state index in [1.54, 1.807) is 29.1 Å². The van der Waals surface area contributed by atoms with Crippen molar-refractivity contribution in [3.8, 4) is 0 Å². The van der Waals surface area contributed by atoms with Crippen molar-refractivity contribution in [3.05, 3.63) is 51.8 Å². The lowest BCUT2D eigenvalue weighted by Gasteiger charge is -2.11. The summed E-state index contributed by atoms with van der Waals surface area (Å²) < 4.78 is 1.58. The summed E-state index contributed by atoms with van der Waals surface area (Å²) in [4.78, 5) is 29.8. The van der Waals surface area contributed by atoms with E-state index in [0.29, 0.717) is 22.3 Å². The highest BCUT2D eigenvalue weighted by atomic mass is 16.2. The largest absolute Gasteiger partial charge is 0.321 e. The number of aryl methyl sites for hydroxylation is 1. The number of hydrogen-bond acceptors (Lipinski definition) is 4. The number of aromatic amines is 1. The monoisotopic (exact) mass is 365 g/mol. The zero-order valence-electron chi connectivity index (χ0n) is 15.6. The van der Waals surface area contributed by atoms with Crippen molar-refractivity contribution in [2.45, 2.75) is 52.0 Å². The number of H-pyrrole nitrogens is 1. The van der Waals surface area contributed by atoms with Crippen LogP contribution in [0.5, 0.6) is 0 Å². The molecule has 0 fully saturated rings. The Morgan fingerprint density at radius 1 is 1.22 bits per heavy atom. The molecule has 2 heterocycles. The molecule has 4 rings (SSSR count). The summed E-state index contributed by atoms with van der Waals surface area (Å²) in [5, 5.41) is 10.6. The second-order valence-corrected chi connectivity index (χ2v) is 7.33. The van der Waals surface area contributed by atoms with Crippen LogP contribution >= 0.6 is 0 Å². The van der Waals surface area contributed by atoms with Crippen molar-refractivity contribution >= 4 is 22.5 Å². The summed E-state index contributed by atoms with van der Waals surface area (Å²) in [5.41, 5.74) is 3.62. The van der Waals surface area contributed by atoms with E-state index < -0.39 is 0 Å². The number of hydrogen-bond donors (Lipinski definition) is 2. The Hall–Kier alpha value is -2.96. The third-order valence-electron chi connectivity index (χ3n) is 5.12. The van der Waals surface area contributed by atoms with Gasteiger partial charge in [-0.15, -0.1) is 0 Å². The van der Waals surface area contributed by atoms with Crippen molar-refractivity contribution < 1.29 is 4.79 Å². The fourth-order valence-electron chi connectivity index (χ4n) is 3.62. The van der Waals surface area contributed by atoms with Crippen molar-refractivity contribution in [2.75, 3.05) is 5.32 Å². The number of aromatic nitrogens is 4. The minimum atomic E-state index is -0.248. The predicted molar refractivity (Wildman–Crippen MR) is 104 cm³/mol. The molecule has 1 amide bonds. The molecule has 0 saturated heterocycles. The number of amides is 1. The summed E-state index contributed by atoms with van der Waals surface area (Å²) in [6, 6.07) is 5.22. The molecular weight excluding hydrogens is 342 g/mol. The molecule has 1 aliphatic rings. The molecule has 2 aromatic heterocycles. The molecule has 1 aromatic carbocycles. The minimum Gasteiger partial charge on any atom is -0.321 e. The van der Waals surface area contributed by atoms with Crippen LogP contribution in [0.3, 0.4) is 0 Å². The van der Waals surface area contributed by atoms with E-state index in [9.17, 15) is 9.59 Å². The number of carbonyl (C=O) groups excluding carboxylic acids is 1. The van der Waals surface area contributed by atoms with Crippen LogP contribution < -0.4 is 10.9 Å². The van der Waals surface area contributed by atoms with Crippen LogP contribution in [0.25, 0.3) is 10.9 Å². The van der Waals surface area contributed by atoms with Gasteiger partial charge in [0.1, 0.15) is 0 Å². The van der Waals surface area contributed by atoms with Gasteiger partial charge in [-0.2, -0.15) is 5.10 Å². The molecule has 2 N–H and O–H groups in total. The maximum Gasteiger partial charge on any atom is 0.276 e. The number of carbonyl (C=O) groups is 1. The molecule has 7 heteroatoms. The van der Waals surface area contributed by atoms with E-state index in [1.807, 2.05) is 13.8 Å². The van der Waals surface area contributed by atoms with Gasteiger partial charge in [-0.1, -0.05) is 6.42 Å². The van der Waals surface area contributed by atoms with Crippen LogP contribution in [-0.4, -0.2) is 25.7 Å². The molecule has 3 aromatic rings. The Kier molecular flexibility index (Phi) is 4.51. The highest BCUT2D eigenvalue weighted by molar-refractivity contribution is 6.04. The van der Waals surface area contributed by atoms with Crippen LogP contribution in [0.15, 0.2) is 29.3 Å². The first kappa shape index (κ1) is 17.5. The Labute approximate surface area is 156 Å². The molecule has 7 nitrogen and oxygen atoms in total. The number of fused-ring (bicyclic) bond motifs is 2. The van der Waals surface area contributed by atoms with Gasteiger partial charge in [0.25, 0.3) is 11.5 Å². The van der Waals surface area contributed by atoms with E-state index in [-0.39, 0.29) is 17.5 Å². The van der Waals surface area contributed by atoms with E-state index >= 15 is 0 Å². The summed E-state index contributed by atoms with van der Waals surface area (Å²) in [6.45, 7) is 3.87. The normalized spacial score (nSPS) is 14.2. The molecule has 0 unspecified atom stereocenters. The molecule has 27 heavy (non-hydrogen) atoms. The van der Waals surface area contributed by atoms with Crippen LogP contribution in [0, 0.1) is 0 Å². The number of rotatable bonds is 3. The minimum absolute atomic E-state index is 0.0205. The van der Waals surface area contributed by atoms with Gasteiger partial charge in [0.15, 0.2) is 5.69 Å². The lowest BCUT2D eigenvalue weighted by atomic mass is 10.1. The zero-order chi connectivity index (χ0) is 19.0. The van der Waals surface area contributed by atoms with Crippen molar-refractivity contribution in [1.29, 1.82) is 0 Å². The molecule has 0 saturated carbocycles. The molecule has 0 bridgehead atoms. The standard InChI is InChI=1S/C20H23N5O2/c1-12(2)25-11-21-16-9-8-13(10-15(16)20(25)27)22-19(26)18-14-6-4-3-5-7-17(14)23-24-18/h8-12H,3-7H2,1-2H3,(H,22,26)(H,23,24). The zero-order valence-corrected chi connectivity index (χ0v) is 15.6. The van der Waals surface area contributed by atoms with Gasteiger partial charge in [0, 0.05) is 23.0 Å². The van der Waals surface area contributed by atoms with Crippen LogP contribution in [0.4, 0.5) is 5.69 Å². The van der Waals surface area contributed by atoms with Gasteiger partial charge >= 0.3 is 0 Å². The van der Waals surface area contributed by atoms with Crippen molar-refractivity contribution in [3.63, 3.8) is 0 Å². The number of anilines is 1. The molecule has 0 radical (unpaired) electrons. The molecular formula is C20H23N5O2. The maximum atomic E-state index is 12.8. The van der Waals surface area contributed by atoms with Crippen LogP contribution in [0.1, 0.15) is 60.9 Å². The number of benzene rings is 1. The second kappa shape index (κ2) is 6.98. The summed E-state index contributed by atoms with van der Waals surface area (Å²) in [7, 11) is 0. The van der Waals surface area contributed by atoms with E-state index in [4.69, 9.17) is 0 Å². The van der Waals surface area contributed by atoms with E-state index in [1.165, 1.54) is 6.42 Å². The Bertz CT molecular complexity index is 1060. The van der Waals surface area contributed by atoms with E-state index in [2.05, 4.69) is 20.5 Å². The summed E-state index contributed by atoms with van der Waals surface area (Å²) >= 11 is 0.